The van der Waals surface area contributed by atoms with Gasteiger partial charge in [-0.2, -0.15) is 0 Å². The summed E-state index contributed by atoms with van der Waals surface area (Å²) < 4.78 is 12.7. The number of hydrogen-bond donors (Lipinski definition) is 3. The van der Waals surface area contributed by atoms with E-state index in [1.54, 1.807) is 4.90 Å². The van der Waals surface area contributed by atoms with E-state index in [9.17, 15) is 24.0 Å². The van der Waals surface area contributed by atoms with Crippen LogP contribution in [-0.4, -0.2) is 86.1 Å². The van der Waals surface area contributed by atoms with Crippen molar-refractivity contribution in [3.63, 3.8) is 0 Å². The van der Waals surface area contributed by atoms with Crippen LogP contribution in [0.25, 0.3) is 0 Å². The Balaban J connectivity index is 1.30. The van der Waals surface area contributed by atoms with Crippen molar-refractivity contribution in [2.45, 2.75) is 148 Å². The highest BCUT2D eigenvalue weighted by Gasteiger charge is 2.51. The molecule has 61 heavy (non-hydrogen) atoms. The lowest BCUT2D eigenvalue weighted by atomic mass is 9.93. The number of ether oxygens (including phenoxy) is 1. The highest BCUT2D eigenvalue weighted by Crippen LogP contribution is 2.38. The van der Waals surface area contributed by atoms with E-state index >= 15 is 0 Å². The van der Waals surface area contributed by atoms with Gasteiger partial charge in [0.25, 0.3) is 8.32 Å². The molecule has 3 N–H and O–H groups in total. The molecule has 0 aliphatic carbocycles. The number of nitrogens with one attached hydrogen (secondary N) is 3. The van der Waals surface area contributed by atoms with Crippen molar-refractivity contribution in [1.29, 1.82) is 0 Å². The maximum atomic E-state index is 14.2. The van der Waals surface area contributed by atoms with Crippen molar-refractivity contribution in [2.75, 3.05) is 13.2 Å². The second kappa shape index (κ2) is 21.8. The van der Waals surface area contributed by atoms with Crippen LogP contribution >= 0.6 is 0 Å². The van der Waals surface area contributed by atoms with Crippen LogP contribution in [0.3, 0.4) is 0 Å². The molecule has 2 heterocycles. The van der Waals surface area contributed by atoms with E-state index < -0.39 is 50.4 Å². The molecule has 0 bridgehead atoms. The van der Waals surface area contributed by atoms with Crippen LogP contribution in [0.4, 0.5) is 0 Å². The molecular formula is C49H68N4O7Si. The molecule has 0 saturated carbocycles. The van der Waals surface area contributed by atoms with E-state index in [4.69, 9.17) is 9.16 Å². The summed E-state index contributed by atoms with van der Waals surface area (Å²) in [6, 6.07) is 24.4. The Kier molecular flexibility index (Phi) is 16.9. The van der Waals surface area contributed by atoms with E-state index in [0.29, 0.717) is 63.8 Å². The van der Waals surface area contributed by atoms with Gasteiger partial charge in [0.1, 0.15) is 36.0 Å². The molecule has 0 unspecified atom stereocenters. The number of amides is 4. The Morgan fingerprint density at radius 3 is 1.97 bits per heavy atom. The minimum absolute atomic E-state index is 0.0194. The molecule has 2 aliphatic rings. The number of benzene rings is 3. The Morgan fingerprint density at radius 1 is 0.770 bits per heavy atom. The van der Waals surface area contributed by atoms with Gasteiger partial charge in [-0.1, -0.05) is 127 Å². The second-order valence-electron chi connectivity index (χ2n) is 17.8. The number of hydrogen-bond acceptors (Lipinski definition) is 7. The number of unbranched alkanes of at least 4 members (excludes halogenated alkanes) is 2. The number of nitrogens with zero attached hydrogens (tertiary/aromatic N) is 1. The van der Waals surface area contributed by atoms with Gasteiger partial charge in [0.05, 0.1) is 6.61 Å². The number of carbonyl (C=O) groups excluding carboxylic acids is 5. The van der Waals surface area contributed by atoms with Crippen LogP contribution in [0.1, 0.15) is 112 Å². The minimum atomic E-state index is -2.92. The molecule has 11 nitrogen and oxygen atoms in total. The van der Waals surface area contributed by atoms with Gasteiger partial charge in [-0.25, -0.2) is 0 Å². The van der Waals surface area contributed by atoms with Gasteiger partial charge >= 0.3 is 0 Å². The van der Waals surface area contributed by atoms with Crippen molar-refractivity contribution >= 4 is 48.1 Å². The zero-order valence-corrected chi connectivity index (χ0v) is 38.3. The largest absolute Gasteiger partial charge is 0.494 e. The molecule has 0 aromatic heterocycles. The third-order valence-corrected chi connectivity index (χ3v) is 17.6. The van der Waals surface area contributed by atoms with Gasteiger partial charge in [0, 0.05) is 19.4 Å². The van der Waals surface area contributed by atoms with Gasteiger partial charge in [-0.3, -0.25) is 24.0 Å². The van der Waals surface area contributed by atoms with Crippen LogP contribution < -0.4 is 31.1 Å². The van der Waals surface area contributed by atoms with Crippen molar-refractivity contribution in [3.05, 3.63) is 90.5 Å². The Bertz CT molecular complexity index is 1880. The van der Waals surface area contributed by atoms with Crippen molar-refractivity contribution < 1.29 is 33.1 Å². The number of carbonyl (C=O) groups is 5. The van der Waals surface area contributed by atoms with E-state index in [1.807, 2.05) is 88.4 Å². The summed E-state index contributed by atoms with van der Waals surface area (Å²) in [4.78, 5) is 72.0. The van der Waals surface area contributed by atoms with Crippen molar-refractivity contribution in [1.82, 2.24) is 20.9 Å². The quantitative estimate of drug-likeness (QED) is 0.112. The number of piperidine rings is 1. The van der Waals surface area contributed by atoms with E-state index in [-0.39, 0.29) is 35.0 Å². The van der Waals surface area contributed by atoms with E-state index in [0.717, 1.165) is 28.8 Å². The monoisotopic (exact) mass is 852 g/mol. The fraction of sp³-hybridized carbons (Fsp3) is 0.531. The summed E-state index contributed by atoms with van der Waals surface area (Å²) in [5.41, 5.74) is 0.803. The zero-order valence-electron chi connectivity index (χ0n) is 37.3. The first-order valence-corrected chi connectivity index (χ1v) is 24.4. The Morgan fingerprint density at radius 2 is 1.38 bits per heavy atom. The van der Waals surface area contributed by atoms with Gasteiger partial charge < -0.3 is 30.0 Å². The third-order valence-electron chi connectivity index (χ3n) is 12.4. The summed E-state index contributed by atoms with van der Waals surface area (Å²) in [7, 11) is -2.92. The molecule has 2 aliphatic heterocycles. The fourth-order valence-corrected chi connectivity index (χ4v) is 13.5. The highest BCUT2D eigenvalue weighted by atomic mass is 28.4. The van der Waals surface area contributed by atoms with Crippen LogP contribution in [0.5, 0.6) is 5.75 Å². The fourth-order valence-electron chi connectivity index (χ4n) is 8.78. The Hall–Kier alpha value is -4.81. The standard InChI is InChI=1S/C49H68N4O7Si/c1-8-34(3)44-48(58)53-32-20-19-26-42(53)47(57)50-40(45(55)51-41(46(56)52-44)33-36-28-30-37(31-29-36)59-9-2)25-17-12-18-27-43(54)35(4)60-61(49(5,6)7,38-21-13-10-14-22-38)39-23-15-11-16-24-39/h10-11,13-16,21-24,28-31,34-35,40-42,44H,8-9,12,17-20,25-27,32-33H2,1-7H3,(H,50,57)(H,51,55)(H,52,56)/t34-,35+,40-,41+,42-,44-/m0/s1. The normalized spacial score (nSPS) is 21.5. The Labute approximate surface area is 364 Å². The van der Waals surface area contributed by atoms with Crippen molar-refractivity contribution in [2.24, 2.45) is 5.92 Å². The molecule has 330 valence electrons. The first-order valence-electron chi connectivity index (χ1n) is 22.4. The molecule has 4 amide bonds. The summed E-state index contributed by atoms with van der Waals surface area (Å²) in [5.74, 6) is -1.03. The average molecular weight is 853 g/mol. The third kappa shape index (κ3) is 11.8. The minimum Gasteiger partial charge on any atom is -0.494 e. The van der Waals surface area contributed by atoms with Crippen LogP contribution in [0, 0.1) is 5.92 Å². The maximum Gasteiger partial charge on any atom is 0.262 e. The van der Waals surface area contributed by atoms with Gasteiger partial charge in [0.2, 0.25) is 23.6 Å². The van der Waals surface area contributed by atoms with Crippen molar-refractivity contribution in [3.8, 4) is 5.75 Å². The molecular weight excluding hydrogens is 785 g/mol. The molecule has 12 heteroatoms. The van der Waals surface area contributed by atoms with Crippen LogP contribution in [0.15, 0.2) is 84.9 Å². The topological polar surface area (TPSA) is 143 Å². The van der Waals surface area contributed by atoms with Gasteiger partial charge in [-0.05, 0) is 85.0 Å². The lowest BCUT2D eigenvalue weighted by Gasteiger charge is -2.44. The lowest BCUT2D eigenvalue weighted by Crippen LogP contribution is -2.68. The molecule has 0 radical (unpaired) electrons. The molecule has 2 saturated heterocycles. The SMILES string of the molecule is CCOc1ccc(C[C@H]2NC(=O)[C@H](CCCCCC(=O)[C@@H](C)O[Si](c3ccccc3)(c3ccccc3)C(C)(C)C)NC(=O)[C@@H]3CCCCN3C(=O)[C@H]([C@@H](C)CC)NC2=O)cc1. The summed E-state index contributed by atoms with van der Waals surface area (Å²) >= 11 is 0. The molecule has 3 aromatic carbocycles. The summed E-state index contributed by atoms with van der Waals surface area (Å²) in [6.45, 7) is 15.1. The van der Waals surface area contributed by atoms with Gasteiger partial charge in [0.15, 0.2) is 5.78 Å². The van der Waals surface area contributed by atoms with Crippen LogP contribution in [0.2, 0.25) is 5.04 Å². The molecule has 5 rings (SSSR count). The van der Waals surface area contributed by atoms with Crippen LogP contribution in [-0.2, 0) is 34.8 Å². The van der Waals surface area contributed by atoms with Gasteiger partial charge in [-0.15, -0.1) is 0 Å². The second-order valence-corrected chi connectivity index (χ2v) is 22.1. The summed E-state index contributed by atoms with van der Waals surface area (Å²) in [6.07, 6.45) is 4.55. The smallest absolute Gasteiger partial charge is 0.262 e. The van der Waals surface area contributed by atoms with E-state index in [1.165, 1.54) is 0 Å². The highest BCUT2D eigenvalue weighted by molar-refractivity contribution is 6.99. The average Bonchev–Trinajstić information content (AvgIpc) is 3.26. The molecule has 6 atom stereocenters. The first kappa shape index (κ1) is 47.2. The predicted octanol–water partition coefficient (Wildman–Crippen LogP) is 6.01. The maximum absolute atomic E-state index is 14.2. The number of fused-ring (bicyclic) bond motifs is 1. The molecule has 3 aromatic rings. The number of rotatable bonds is 17. The predicted molar refractivity (Wildman–Crippen MR) is 242 cm³/mol. The zero-order chi connectivity index (χ0) is 44.2. The summed E-state index contributed by atoms with van der Waals surface area (Å²) in [5, 5.41) is 10.9. The first-order chi connectivity index (χ1) is 29.2. The lowest BCUT2D eigenvalue weighted by molar-refractivity contribution is -0.147. The molecule has 2 fully saturated rings. The number of ketones is 1. The number of Topliss-reactive ketones (excluding diaryl/α,β-unsaturated/α-hetero) is 1. The molecule has 0 spiro atoms. The van der Waals surface area contributed by atoms with E-state index in [2.05, 4.69) is 61.0 Å².